The number of hydrogen-bond acceptors (Lipinski definition) is 4. The van der Waals surface area contributed by atoms with Gasteiger partial charge in [0.2, 0.25) is 0 Å². The highest BCUT2D eigenvalue weighted by Crippen LogP contribution is 2.47. The molecule has 3 aromatic rings. The molecule has 0 spiro atoms. The highest BCUT2D eigenvalue weighted by molar-refractivity contribution is 5.95. The summed E-state index contributed by atoms with van der Waals surface area (Å²) in [6.07, 6.45) is 0.653. The van der Waals surface area contributed by atoms with Crippen molar-refractivity contribution in [2.24, 2.45) is 5.92 Å². The average Bonchev–Trinajstić information content (AvgIpc) is 2.80. The number of ether oxygens (including phenoxy) is 2. The van der Waals surface area contributed by atoms with Gasteiger partial charge in [0.25, 0.3) is 0 Å². The van der Waals surface area contributed by atoms with Gasteiger partial charge in [-0.3, -0.25) is 4.90 Å². The fraction of sp³-hybridized carbons (Fsp3) is 0.310. The number of rotatable bonds is 7. The van der Waals surface area contributed by atoms with Crippen LogP contribution in [0.15, 0.2) is 60.7 Å². The Morgan fingerprint density at radius 3 is 2.40 bits per heavy atom. The van der Waals surface area contributed by atoms with Gasteiger partial charge in [0.1, 0.15) is 41.6 Å². The number of allylic oxidation sites excluding steroid dienone is 1. The molecule has 5 rings (SSSR count). The molecule has 2 heterocycles. The van der Waals surface area contributed by atoms with Crippen molar-refractivity contribution in [2.75, 3.05) is 26.2 Å². The highest BCUT2D eigenvalue weighted by Gasteiger charge is 2.30. The van der Waals surface area contributed by atoms with E-state index in [0.29, 0.717) is 29.1 Å². The van der Waals surface area contributed by atoms with Crippen LogP contribution in [0.5, 0.6) is 17.2 Å². The van der Waals surface area contributed by atoms with Gasteiger partial charge in [0.05, 0.1) is 0 Å². The molecule has 1 N–H and O–H groups in total. The van der Waals surface area contributed by atoms with Gasteiger partial charge in [-0.2, -0.15) is 0 Å². The summed E-state index contributed by atoms with van der Waals surface area (Å²) in [5.74, 6) is 0.970. The molecule has 182 valence electrons. The van der Waals surface area contributed by atoms with E-state index >= 15 is 0 Å². The molecule has 4 nitrogen and oxygen atoms in total. The first-order valence-corrected chi connectivity index (χ1v) is 12.0. The minimum absolute atomic E-state index is 0.0971. The lowest BCUT2D eigenvalue weighted by atomic mass is 9.86. The maximum absolute atomic E-state index is 14.1. The minimum Gasteiger partial charge on any atom is -0.508 e. The van der Waals surface area contributed by atoms with E-state index in [4.69, 9.17) is 9.47 Å². The molecule has 0 bridgehead atoms. The van der Waals surface area contributed by atoms with Crippen molar-refractivity contribution in [2.45, 2.75) is 26.4 Å². The fourth-order valence-corrected chi connectivity index (χ4v) is 4.90. The van der Waals surface area contributed by atoms with E-state index in [2.05, 4.69) is 11.8 Å². The molecule has 0 aliphatic carbocycles. The van der Waals surface area contributed by atoms with E-state index in [0.717, 1.165) is 48.5 Å². The Bertz CT molecular complexity index is 1230. The molecule has 1 saturated heterocycles. The van der Waals surface area contributed by atoms with Crippen LogP contribution in [-0.4, -0.2) is 36.2 Å². The minimum atomic E-state index is -0.656. The number of aromatic hydroxyl groups is 1. The van der Waals surface area contributed by atoms with Gasteiger partial charge in [0.15, 0.2) is 0 Å². The van der Waals surface area contributed by atoms with Gasteiger partial charge in [-0.05, 0) is 72.0 Å². The second-order valence-corrected chi connectivity index (χ2v) is 9.33. The number of fused-ring (bicyclic) bond motifs is 1. The van der Waals surface area contributed by atoms with Gasteiger partial charge >= 0.3 is 0 Å². The summed E-state index contributed by atoms with van der Waals surface area (Å²) in [6.45, 7) is 7.93. The van der Waals surface area contributed by atoms with Crippen LogP contribution in [0.25, 0.3) is 11.1 Å². The van der Waals surface area contributed by atoms with E-state index in [9.17, 15) is 13.9 Å². The molecule has 0 unspecified atom stereocenters. The van der Waals surface area contributed by atoms with Crippen LogP contribution in [0.4, 0.5) is 8.78 Å². The first-order chi connectivity index (χ1) is 16.9. The molecular weight excluding hydrogens is 448 g/mol. The SMILES string of the molecule is CCC1CN(CCOc2ccc([C@@H]3Oc4ccc(O)cc4C(C)=C3c3cc(F)cc(F)c3)cc2)C1. The van der Waals surface area contributed by atoms with Crippen LogP contribution >= 0.6 is 0 Å². The maximum atomic E-state index is 14.1. The summed E-state index contributed by atoms with van der Waals surface area (Å²) in [5.41, 5.74) is 3.37. The summed E-state index contributed by atoms with van der Waals surface area (Å²) in [6, 6.07) is 16.0. The van der Waals surface area contributed by atoms with Crippen molar-refractivity contribution in [3.63, 3.8) is 0 Å². The first-order valence-electron chi connectivity index (χ1n) is 12.0. The lowest BCUT2D eigenvalue weighted by Crippen LogP contribution is -2.47. The Morgan fingerprint density at radius 1 is 1.00 bits per heavy atom. The first kappa shape index (κ1) is 23.4. The quantitative estimate of drug-likeness (QED) is 0.424. The van der Waals surface area contributed by atoms with Crippen LogP contribution < -0.4 is 9.47 Å². The zero-order valence-corrected chi connectivity index (χ0v) is 19.9. The van der Waals surface area contributed by atoms with E-state index in [1.165, 1.54) is 18.6 Å². The van der Waals surface area contributed by atoms with E-state index in [-0.39, 0.29) is 5.75 Å². The molecule has 3 aromatic carbocycles. The van der Waals surface area contributed by atoms with Gasteiger partial charge < -0.3 is 14.6 Å². The number of benzene rings is 3. The predicted octanol–water partition coefficient (Wildman–Crippen LogP) is 6.46. The zero-order chi connectivity index (χ0) is 24.5. The Kier molecular flexibility index (Phi) is 6.48. The summed E-state index contributed by atoms with van der Waals surface area (Å²) in [7, 11) is 0. The summed E-state index contributed by atoms with van der Waals surface area (Å²) >= 11 is 0. The molecule has 35 heavy (non-hydrogen) atoms. The topological polar surface area (TPSA) is 41.9 Å². The zero-order valence-electron chi connectivity index (χ0n) is 19.9. The average molecular weight is 478 g/mol. The molecule has 6 heteroatoms. The van der Waals surface area contributed by atoms with Gasteiger partial charge in [0, 0.05) is 36.8 Å². The Balaban J connectivity index is 1.40. The summed E-state index contributed by atoms with van der Waals surface area (Å²) in [4.78, 5) is 2.39. The second-order valence-electron chi connectivity index (χ2n) is 9.33. The Labute approximate surface area is 204 Å². The number of phenols is 1. The predicted molar refractivity (Wildman–Crippen MR) is 132 cm³/mol. The van der Waals surface area contributed by atoms with Crippen molar-refractivity contribution in [3.8, 4) is 17.2 Å². The number of halogens is 2. The van der Waals surface area contributed by atoms with E-state index in [1.807, 2.05) is 31.2 Å². The molecular formula is C29H29F2NO3. The van der Waals surface area contributed by atoms with E-state index < -0.39 is 17.7 Å². The molecule has 2 aliphatic rings. The molecule has 1 atom stereocenters. The van der Waals surface area contributed by atoms with Crippen LogP contribution in [0.3, 0.4) is 0 Å². The molecule has 0 aromatic heterocycles. The number of phenolic OH excluding ortho intramolecular Hbond substituents is 1. The van der Waals surface area contributed by atoms with Crippen LogP contribution in [0, 0.1) is 17.6 Å². The maximum Gasteiger partial charge on any atom is 0.150 e. The largest absolute Gasteiger partial charge is 0.508 e. The lowest BCUT2D eigenvalue weighted by Gasteiger charge is -2.38. The number of hydrogen-bond donors (Lipinski definition) is 1. The molecule has 0 amide bonds. The highest BCUT2D eigenvalue weighted by atomic mass is 19.1. The number of nitrogens with zero attached hydrogens (tertiary/aromatic N) is 1. The smallest absolute Gasteiger partial charge is 0.150 e. The van der Waals surface area contributed by atoms with Crippen molar-refractivity contribution < 1.29 is 23.4 Å². The fourth-order valence-electron chi connectivity index (χ4n) is 4.90. The third-order valence-corrected chi connectivity index (χ3v) is 6.92. The monoisotopic (exact) mass is 477 g/mol. The van der Waals surface area contributed by atoms with Gasteiger partial charge in [-0.1, -0.05) is 25.5 Å². The van der Waals surface area contributed by atoms with Crippen LogP contribution in [0.1, 0.15) is 43.1 Å². The standard InChI is InChI=1S/C29H29F2NO3/c1-3-19-16-32(17-19)10-11-34-25-7-4-20(5-8-25)29-28(21-12-22(30)14-23(31)13-21)18(2)26-15-24(33)6-9-27(26)35-29/h4-9,12-15,19,29,33H,3,10-11,16-17H2,1-2H3/t29-/m0/s1. The van der Waals surface area contributed by atoms with Gasteiger partial charge in [-0.15, -0.1) is 0 Å². The summed E-state index contributed by atoms with van der Waals surface area (Å²) < 4.78 is 40.5. The second kappa shape index (κ2) is 9.70. The van der Waals surface area contributed by atoms with Crippen molar-refractivity contribution in [1.82, 2.24) is 4.90 Å². The molecule has 2 aliphatic heterocycles. The molecule has 0 saturated carbocycles. The Hall–Kier alpha value is -3.38. The third kappa shape index (κ3) is 4.89. The third-order valence-electron chi connectivity index (χ3n) is 6.92. The Morgan fingerprint density at radius 2 is 1.71 bits per heavy atom. The van der Waals surface area contributed by atoms with Crippen molar-refractivity contribution >= 4 is 11.1 Å². The van der Waals surface area contributed by atoms with Gasteiger partial charge in [-0.25, -0.2) is 8.78 Å². The lowest BCUT2D eigenvalue weighted by molar-refractivity contribution is 0.0806. The summed E-state index contributed by atoms with van der Waals surface area (Å²) in [5, 5.41) is 10.00. The molecule has 0 radical (unpaired) electrons. The van der Waals surface area contributed by atoms with Crippen LogP contribution in [0.2, 0.25) is 0 Å². The molecule has 1 fully saturated rings. The number of likely N-dealkylation sites (tertiary alicyclic amines) is 1. The van der Waals surface area contributed by atoms with Crippen molar-refractivity contribution in [1.29, 1.82) is 0 Å². The van der Waals surface area contributed by atoms with Crippen LogP contribution in [-0.2, 0) is 0 Å². The van der Waals surface area contributed by atoms with E-state index in [1.54, 1.807) is 18.2 Å². The van der Waals surface area contributed by atoms with Crippen molar-refractivity contribution in [3.05, 3.63) is 89.0 Å². The normalized spacial score (nSPS) is 18.1.